The molecule has 0 amide bonds. The summed E-state index contributed by atoms with van der Waals surface area (Å²) in [7, 11) is 0. The van der Waals surface area contributed by atoms with Crippen molar-refractivity contribution in [3.05, 3.63) is 36.0 Å². The largest absolute Gasteiger partial charge is 0.339 e. The van der Waals surface area contributed by atoms with Crippen LogP contribution in [-0.4, -0.2) is 23.2 Å². The summed E-state index contributed by atoms with van der Waals surface area (Å²) in [6, 6.07) is 6.44. The number of nitrogens with one attached hydrogen (secondary N) is 1. The standard InChI is InChI=1S/C13H14FN3O/c1-8(9-6-15-7-9)13-16-12(17-18-13)10-4-2-3-5-11(10)14/h2-5,8-9,15H,6-7H2,1H3. The van der Waals surface area contributed by atoms with E-state index in [4.69, 9.17) is 4.52 Å². The molecule has 0 aliphatic carbocycles. The summed E-state index contributed by atoms with van der Waals surface area (Å²) in [6.45, 7) is 4.00. The van der Waals surface area contributed by atoms with Crippen LogP contribution in [0.2, 0.25) is 0 Å². The highest BCUT2D eigenvalue weighted by molar-refractivity contribution is 5.54. The van der Waals surface area contributed by atoms with Gasteiger partial charge in [0, 0.05) is 5.92 Å². The van der Waals surface area contributed by atoms with Crippen molar-refractivity contribution in [1.82, 2.24) is 15.5 Å². The fraction of sp³-hybridized carbons (Fsp3) is 0.385. The summed E-state index contributed by atoms with van der Waals surface area (Å²) < 4.78 is 18.8. The molecule has 2 aromatic rings. The Morgan fingerprint density at radius 2 is 2.17 bits per heavy atom. The van der Waals surface area contributed by atoms with E-state index in [1.807, 2.05) is 0 Å². The summed E-state index contributed by atoms with van der Waals surface area (Å²) in [6.07, 6.45) is 0. The smallest absolute Gasteiger partial charge is 0.230 e. The minimum absolute atomic E-state index is 0.208. The van der Waals surface area contributed by atoms with E-state index in [0.29, 0.717) is 23.2 Å². The fourth-order valence-corrected chi connectivity index (χ4v) is 2.04. The van der Waals surface area contributed by atoms with Crippen LogP contribution in [0.5, 0.6) is 0 Å². The molecule has 1 aliphatic heterocycles. The van der Waals surface area contributed by atoms with Crippen LogP contribution in [0.15, 0.2) is 28.8 Å². The minimum atomic E-state index is -0.331. The summed E-state index contributed by atoms with van der Waals surface area (Å²) in [5.74, 6) is 1.31. The van der Waals surface area contributed by atoms with Crippen molar-refractivity contribution in [3.63, 3.8) is 0 Å². The number of halogens is 1. The lowest BCUT2D eigenvalue weighted by Gasteiger charge is -2.30. The molecule has 1 aliphatic rings. The molecule has 94 valence electrons. The second-order valence-electron chi connectivity index (χ2n) is 4.64. The van der Waals surface area contributed by atoms with Crippen molar-refractivity contribution in [2.45, 2.75) is 12.8 Å². The molecule has 1 fully saturated rings. The van der Waals surface area contributed by atoms with Crippen LogP contribution in [0.3, 0.4) is 0 Å². The highest BCUT2D eigenvalue weighted by Crippen LogP contribution is 2.28. The zero-order chi connectivity index (χ0) is 12.5. The summed E-state index contributed by atoms with van der Waals surface area (Å²) >= 11 is 0. The molecule has 1 aromatic carbocycles. The Morgan fingerprint density at radius 1 is 1.39 bits per heavy atom. The van der Waals surface area contributed by atoms with Gasteiger partial charge in [-0.05, 0) is 31.1 Å². The van der Waals surface area contributed by atoms with Crippen molar-refractivity contribution in [3.8, 4) is 11.4 Å². The van der Waals surface area contributed by atoms with Crippen LogP contribution in [0.4, 0.5) is 4.39 Å². The lowest BCUT2D eigenvalue weighted by molar-refractivity contribution is 0.252. The molecule has 1 atom stereocenters. The first-order chi connectivity index (χ1) is 8.75. The quantitative estimate of drug-likeness (QED) is 0.903. The maximum absolute atomic E-state index is 13.6. The average Bonchev–Trinajstić information content (AvgIpc) is 2.76. The molecule has 1 saturated heterocycles. The van der Waals surface area contributed by atoms with Crippen LogP contribution in [0.25, 0.3) is 11.4 Å². The van der Waals surface area contributed by atoms with Crippen LogP contribution >= 0.6 is 0 Å². The van der Waals surface area contributed by atoms with Gasteiger partial charge in [0.2, 0.25) is 11.7 Å². The van der Waals surface area contributed by atoms with Crippen LogP contribution in [0, 0.1) is 11.7 Å². The maximum Gasteiger partial charge on any atom is 0.230 e. The van der Waals surface area contributed by atoms with E-state index in [1.54, 1.807) is 18.2 Å². The van der Waals surface area contributed by atoms with Crippen molar-refractivity contribution >= 4 is 0 Å². The topological polar surface area (TPSA) is 51.0 Å². The maximum atomic E-state index is 13.6. The Labute approximate surface area is 104 Å². The third-order valence-corrected chi connectivity index (χ3v) is 3.47. The van der Waals surface area contributed by atoms with Gasteiger partial charge in [0.25, 0.3) is 0 Å². The lowest BCUT2D eigenvalue weighted by atomic mass is 9.89. The molecule has 0 spiro atoms. The molecule has 1 aromatic heterocycles. The molecule has 0 bridgehead atoms. The Balaban J connectivity index is 1.87. The molecule has 18 heavy (non-hydrogen) atoms. The first kappa shape index (κ1) is 11.3. The first-order valence-electron chi connectivity index (χ1n) is 6.05. The van der Waals surface area contributed by atoms with Gasteiger partial charge in [-0.2, -0.15) is 4.98 Å². The zero-order valence-corrected chi connectivity index (χ0v) is 10.1. The van der Waals surface area contributed by atoms with Gasteiger partial charge in [0.05, 0.1) is 5.56 Å². The Hall–Kier alpha value is -1.75. The van der Waals surface area contributed by atoms with Gasteiger partial charge in [0.1, 0.15) is 5.82 Å². The second-order valence-corrected chi connectivity index (χ2v) is 4.64. The van der Waals surface area contributed by atoms with E-state index in [9.17, 15) is 4.39 Å². The number of hydrogen-bond acceptors (Lipinski definition) is 4. The minimum Gasteiger partial charge on any atom is -0.339 e. The van der Waals surface area contributed by atoms with Crippen molar-refractivity contribution in [2.75, 3.05) is 13.1 Å². The van der Waals surface area contributed by atoms with E-state index < -0.39 is 0 Å². The summed E-state index contributed by atoms with van der Waals surface area (Å²) in [5.41, 5.74) is 0.381. The number of aromatic nitrogens is 2. The molecular weight excluding hydrogens is 233 g/mol. The Kier molecular flexibility index (Phi) is 2.83. The van der Waals surface area contributed by atoms with E-state index in [-0.39, 0.29) is 11.7 Å². The molecule has 2 heterocycles. The van der Waals surface area contributed by atoms with Gasteiger partial charge < -0.3 is 9.84 Å². The number of nitrogens with zero attached hydrogens (tertiary/aromatic N) is 2. The first-order valence-corrected chi connectivity index (χ1v) is 6.05. The predicted octanol–water partition coefficient (Wildman–Crippen LogP) is 2.20. The third-order valence-electron chi connectivity index (χ3n) is 3.47. The van der Waals surface area contributed by atoms with Crippen LogP contribution in [0.1, 0.15) is 18.7 Å². The zero-order valence-electron chi connectivity index (χ0n) is 10.1. The molecule has 0 radical (unpaired) electrons. The van der Waals surface area contributed by atoms with E-state index >= 15 is 0 Å². The third kappa shape index (κ3) is 1.90. The SMILES string of the molecule is CC(c1nc(-c2ccccc2F)no1)C1CNC1. The van der Waals surface area contributed by atoms with Gasteiger partial charge in [-0.3, -0.25) is 0 Å². The average molecular weight is 247 g/mol. The van der Waals surface area contributed by atoms with Gasteiger partial charge >= 0.3 is 0 Å². The number of benzene rings is 1. The van der Waals surface area contributed by atoms with Crippen molar-refractivity contribution < 1.29 is 8.91 Å². The van der Waals surface area contributed by atoms with E-state index in [2.05, 4.69) is 22.4 Å². The number of hydrogen-bond donors (Lipinski definition) is 1. The molecular formula is C13H14FN3O. The van der Waals surface area contributed by atoms with Crippen molar-refractivity contribution in [1.29, 1.82) is 0 Å². The fourth-order valence-electron chi connectivity index (χ4n) is 2.04. The van der Waals surface area contributed by atoms with Gasteiger partial charge in [0.15, 0.2) is 0 Å². The molecule has 1 unspecified atom stereocenters. The Morgan fingerprint density at radius 3 is 2.83 bits per heavy atom. The van der Waals surface area contributed by atoms with Gasteiger partial charge in [-0.1, -0.05) is 24.2 Å². The van der Waals surface area contributed by atoms with E-state index in [0.717, 1.165) is 13.1 Å². The van der Waals surface area contributed by atoms with Crippen LogP contribution in [-0.2, 0) is 0 Å². The highest BCUT2D eigenvalue weighted by atomic mass is 19.1. The molecule has 5 heteroatoms. The molecule has 0 saturated carbocycles. The normalized spacial score (nSPS) is 17.4. The number of rotatable bonds is 3. The summed E-state index contributed by atoms with van der Waals surface area (Å²) in [5, 5.41) is 7.07. The van der Waals surface area contributed by atoms with Gasteiger partial charge in [-0.15, -0.1) is 0 Å². The van der Waals surface area contributed by atoms with E-state index in [1.165, 1.54) is 6.07 Å². The second kappa shape index (κ2) is 4.49. The molecule has 4 nitrogen and oxygen atoms in total. The molecule has 3 rings (SSSR count). The van der Waals surface area contributed by atoms with Gasteiger partial charge in [-0.25, -0.2) is 4.39 Å². The predicted molar refractivity (Wildman–Crippen MR) is 64.5 cm³/mol. The van der Waals surface area contributed by atoms with Crippen molar-refractivity contribution in [2.24, 2.45) is 5.92 Å². The van der Waals surface area contributed by atoms with Crippen LogP contribution < -0.4 is 5.32 Å². The lowest BCUT2D eigenvalue weighted by Crippen LogP contribution is -2.44. The monoisotopic (exact) mass is 247 g/mol. The summed E-state index contributed by atoms with van der Waals surface area (Å²) in [4.78, 5) is 4.30. The Bertz CT molecular complexity index is 551. The molecule has 1 N–H and O–H groups in total. The highest BCUT2D eigenvalue weighted by Gasteiger charge is 2.29.